The summed E-state index contributed by atoms with van der Waals surface area (Å²) in [5, 5.41) is 0. The van der Waals surface area contributed by atoms with E-state index >= 15 is 0 Å². The van der Waals surface area contributed by atoms with E-state index in [0.717, 1.165) is 38.4 Å². The number of aromatic nitrogens is 2. The Hall–Kier alpha value is -0.910. The highest BCUT2D eigenvalue weighted by Crippen LogP contribution is 2.04. The van der Waals surface area contributed by atoms with Crippen LogP contribution in [-0.4, -0.2) is 65.2 Å². The van der Waals surface area contributed by atoms with Gasteiger partial charge in [-0.2, -0.15) is 0 Å². The van der Waals surface area contributed by atoms with Gasteiger partial charge in [0.05, 0.1) is 0 Å². The van der Waals surface area contributed by atoms with Crippen molar-refractivity contribution < 1.29 is 0 Å². The van der Waals surface area contributed by atoms with Gasteiger partial charge < -0.3 is 20.1 Å². The third-order valence-corrected chi connectivity index (χ3v) is 3.94. The summed E-state index contributed by atoms with van der Waals surface area (Å²) >= 11 is 0. The molecule has 1 aliphatic rings. The van der Waals surface area contributed by atoms with E-state index in [0.29, 0.717) is 0 Å². The highest BCUT2D eigenvalue weighted by molar-refractivity contribution is 4.88. The maximum absolute atomic E-state index is 5.58. The van der Waals surface area contributed by atoms with Crippen molar-refractivity contribution >= 4 is 0 Å². The molecule has 1 aliphatic heterocycles. The molecule has 2 N–H and O–H groups in total. The van der Waals surface area contributed by atoms with E-state index in [2.05, 4.69) is 32.5 Å². The Morgan fingerprint density at radius 1 is 1.11 bits per heavy atom. The molecule has 19 heavy (non-hydrogen) atoms. The summed E-state index contributed by atoms with van der Waals surface area (Å²) in [4.78, 5) is 9.39. The molecule has 2 rings (SSSR count). The number of hydrogen-bond donors (Lipinski definition) is 1. The molecule has 1 fully saturated rings. The average Bonchev–Trinajstić information content (AvgIpc) is 2.70. The average molecular weight is 265 g/mol. The van der Waals surface area contributed by atoms with Gasteiger partial charge in [0.1, 0.15) is 5.82 Å². The first-order valence-electron chi connectivity index (χ1n) is 7.42. The molecule has 0 bridgehead atoms. The molecule has 0 spiro atoms. The van der Waals surface area contributed by atoms with Gasteiger partial charge in [0.15, 0.2) is 0 Å². The fraction of sp³-hybridized carbons (Fsp3) is 0.786. The van der Waals surface area contributed by atoms with Gasteiger partial charge in [-0.05, 0) is 45.9 Å². The smallest absolute Gasteiger partial charge is 0.105 e. The number of rotatable bonds is 6. The first kappa shape index (κ1) is 14.5. The molecular formula is C14H27N5. The fourth-order valence-electron chi connectivity index (χ4n) is 2.68. The van der Waals surface area contributed by atoms with Gasteiger partial charge in [0, 0.05) is 38.6 Å². The number of imidazole rings is 1. The standard InChI is InChI=1S/C14H27N5/c1-14-16-5-9-19(14)13-12-18-8-3-7-17(10-11-18)6-2-4-15/h5,9H,2-4,6-8,10-13,15H2,1H3. The Labute approximate surface area is 116 Å². The van der Waals surface area contributed by atoms with Gasteiger partial charge in [-0.1, -0.05) is 0 Å². The predicted molar refractivity (Wildman–Crippen MR) is 78.1 cm³/mol. The zero-order valence-electron chi connectivity index (χ0n) is 12.1. The van der Waals surface area contributed by atoms with Crippen molar-refractivity contribution in [3.8, 4) is 0 Å². The first-order valence-corrected chi connectivity index (χ1v) is 7.42. The van der Waals surface area contributed by atoms with Gasteiger partial charge in [0.2, 0.25) is 0 Å². The van der Waals surface area contributed by atoms with Crippen molar-refractivity contribution in [2.24, 2.45) is 5.73 Å². The van der Waals surface area contributed by atoms with Crippen LogP contribution in [0.1, 0.15) is 18.7 Å². The molecule has 108 valence electrons. The van der Waals surface area contributed by atoms with E-state index in [1.165, 1.54) is 32.6 Å². The largest absolute Gasteiger partial charge is 0.334 e. The van der Waals surface area contributed by atoms with Crippen molar-refractivity contribution in [2.75, 3.05) is 45.8 Å². The van der Waals surface area contributed by atoms with Crippen molar-refractivity contribution in [1.29, 1.82) is 0 Å². The zero-order valence-corrected chi connectivity index (χ0v) is 12.1. The summed E-state index contributed by atoms with van der Waals surface area (Å²) in [5.41, 5.74) is 5.58. The zero-order chi connectivity index (χ0) is 13.5. The van der Waals surface area contributed by atoms with Crippen LogP contribution in [0.5, 0.6) is 0 Å². The molecule has 1 aromatic heterocycles. The molecule has 0 unspecified atom stereocenters. The summed E-state index contributed by atoms with van der Waals surface area (Å²) < 4.78 is 2.23. The van der Waals surface area contributed by atoms with Gasteiger partial charge in [0.25, 0.3) is 0 Å². The van der Waals surface area contributed by atoms with E-state index in [9.17, 15) is 0 Å². The fourth-order valence-corrected chi connectivity index (χ4v) is 2.68. The van der Waals surface area contributed by atoms with Crippen molar-refractivity contribution in [2.45, 2.75) is 26.3 Å². The molecule has 2 heterocycles. The van der Waals surface area contributed by atoms with Crippen LogP contribution >= 0.6 is 0 Å². The topological polar surface area (TPSA) is 50.3 Å². The Morgan fingerprint density at radius 3 is 2.47 bits per heavy atom. The van der Waals surface area contributed by atoms with Crippen LogP contribution in [0.2, 0.25) is 0 Å². The third-order valence-electron chi connectivity index (χ3n) is 3.94. The van der Waals surface area contributed by atoms with Gasteiger partial charge in [-0.3, -0.25) is 0 Å². The molecule has 5 heteroatoms. The first-order chi connectivity index (χ1) is 9.29. The lowest BCUT2D eigenvalue weighted by molar-refractivity contribution is 0.249. The van der Waals surface area contributed by atoms with Crippen LogP contribution < -0.4 is 5.73 Å². The van der Waals surface area contributed by atoms with Gasteiger partial charge in [-0.25, -0.2) is 4.98 Å². The summed E-state index contributed by atoms with van der Waals surface area (Å²) in [5.74, 6) is 1.11. The van der Waals surface area contributed by atoms with Crippen LogP contribution in [0.4, 0.5) is 0 Å². The number of aryl methyl sites for hydroxylation is 1. The van der Waals surface area contributed by atoms with Crippen LogP contribution in [0.15, 0.2) is 12.4 Å². The molecule has 0 aromatic carbocycles. The van der Waals surface area contributed by atoms with Crippen molar-refractivity contribution in [1.82, 2.24) is 19.4 Å². The highest BCUT2D eigenvalue weighted by atomic mass is 15.2. The summed E-state index contributed by atoms with van der Waals surface area (Å²) in [6.07, 6.45) is 6.34. The van der Waals surface area contributed by atoms with Crippen LogP contribution in [0, 0.1) is 6.92 Å². The molecule has 5 nitrogen and oxygen atoms in total. The van der Waals surface area contributed by atoms with E-state index in [1.54, 1.807) is 0 Å². The van der Waals surface area contributed by atoms with Crippen molar-refractivity contribution in [3.05, 3.63) is 18.2 Å². The maximum Gasteiger partial charge on any atom is 0.105 e. The van der Waals surface area contributed by atoms with Crippen LogP contribution in [-0.2, 0) is 6.54 Å². The molecule has 1 aromatic rings. The summed E-state index contributed by atoms with van der Waals surface area (Å²) in [7, 11) is 0. The molecule has 0 atom stereocenters. The lowest BCUT2D eigenvalue weighted by atomic mass is 10.3. The van der Waals surface area contributed by atoms with Gasteiger partial charge in [-0.15, -0.1) is 0 Å². The number of nitrogens with two attached hydrogens (primary N) is 1. The summed E-state index contributed by atoms with van der Waals surface area (Å²) in [6.45, 7) is 11.0. The predicted octanol–water partition coefficient (Wildman–Crippen LogP) is 0.548. The maximum atomic E-state index is 5.58. The molecule has 0 radical (unpaired) electrons. The molecule has 1 saturated heterocycles. The monoisotopic (exact) mass is 265 g/mol. The summed E-state index contributed by atoms with van der Waals surface area (Å²) in [6, 6.07) is 0. The Morgan fingerprint density at radius 2 is 1.84 bits per heavy atom. The number of hydrogen-bond acceptors (Lipinski definition) is 4. The second-order valence-electron chi connectivity index (χ2n) is 5.35. The Bertz CT molecular complexity index is 362. The minimum atomic E-state index is 0.806. The van der Waals surface area contributed by atoms with E-state index < -0.39 is 0 Å². The number of nitrogens with zero attached hydrogens (tertiary/aromatic N) is 4. The molecular weight excluding hydrogens is 238 g/mol. The van der Waals surface area contributed by atoms with E-state index in [-0.39, 0.29) is 0 Å². The SMILES string of the molecule is Cc1nccn1CCN1CCCN(CCCN)CC1. The van der Waals surface area contributed by atoms with Gasteiger partial charge >= 0.3 is 0 Å². The van der Waals surface area contributed by atoms with Crippen molar-refractivity contribution in [3.63, 3.8) is 0 Å². The second-order valence-corrected chi connectivity index (χ2v) is 5.35. The lowest BCUT2D eigenvalue weighted by Crippen LogP contribution is -2.33. The van der Waals surface area contributed by atoms with E-state index in [4.69, 9.17) is 5.73 Å². The molecule has 0 aliphatic carbocycles. The Kier molecular flexibility index (Phi) is 5.82. The Balaban J connectivity index is 1.72. The third kappa shape index (κ3) is 4.60. The highest BCUT2D eigenvalue weighted by Gasteiger charge is 2.14. The van der Waals surface area contributed by atoms with Crippen LogP contribution in [0.3, 0.4) is 0 Å². The lowest BCUT2D eigenvalue weighted by Gasteiger charge is -2.21. The van der Waals surface area contributed by atoms with E-state index in [1.807, 2.05) is 6.20 Å². The minimum Gasteiger partial charge on any atom is -0.334 e. The minimum absolute atomic E-state index is 0.806. The molecule has 0 amide bonds. The molecule has 0 saturated carbocycles. The van der Waals surface area contributed by atoms with Crippen LogP contribution in [0.25, 0.3) is 0 Å². The second kappa shape index (κ2) is 7.62. The normalized spacial score (nSPS) is 18.6. The quantitative estimate of drug-likeness (QED) is 0.816.